The summed E-state index contributed by atoms with van der Waals surface area (Å²) in [4.78, 5) is 15.7. The Labute approximate surface area is 291 Å². The molecule has 0 atom stereocenters. The summed E-state index contributed by atoms with van der Waals surface area (Å²) in [6, 6.07) is 65.8. The molecule has 0 amide bonds. The van der Waals surface area contributed by atoms with Gasteiger partial charge >= 0.3 is 0 Å². The maximum atomic E-state index is 5.31. The third-order valence-corrected chi connectivity index (χ3v) is 9.35. The number of aromatic nitrogens is 3. The summed E-state index contributed by atoms with van der Waals surface area (Å²) in [5.41, 5.74) is 9.67. The minimum absolute atomic E-state index is 0.631. The Hall–Kier alpha value is -6.71. The van der Waals surface area contributed by atoms with E-state index in [4.69, 9.17) is 15.0 Å². The van der Waals surface area contributed by atoms with Crippen molar-refractivity contribution >= 4 is 21.5 Å². The molecular weight excluding hydrogens is 607 g/mol. The second-order valence-corrected chi connectivity index (χ2v) is 12.4. The number of fused-ring (bicyclic) bond motifs is 2. The fourth-order valence-corrected chi connectivity index (χ4v) is 6.95. The molecule has 1 aromatic heterocycles. The second kappa shape index (κ2) is 12.7. The van der Waals surface area contributed by atoms with Crippen LogP contribution in [0.1, 0.15) is 0 Å². The van der Waals surface area contributed by atoms with Gasteiger partial charge in [-0.05, 0) is 61.5 Å². The van der Waals surface area contributed by atoms with Crippen LogP contribution in [0.4, 0.5) is 0 Å². The number of nitrogens with zero attached hydrogens (tertiary/aromatic N) is 3. The first-order valence-electron chi connectivity index (χ1n) is 16.9. The third-order valence-electron chi connectivity index (χ3n) is 9.35. The monoisotopic (exact) mass is 637 g/mol. The number of benzene rings is 8. The van der Waals surface area contributed by atoms with Crippen molar-refractivity contribution in [2.45, 2.75) is 0 Å². The molecule has 9 aromatic rings. The lowest BCUT2D eigenvalue weighted by Gasteiger charge is -2.17. The Balaban J connectivity index is 1.32. The summed E-state index contributed by atoms with van der Waals surface area (Å²) in [7, 11) is 0. The predicted molar refractivity (Wildman–Crippen MR) is 207 cm³/mol. The first kappa shape index (κ1) is 29.4. The average molecular weight is 638 g/mol. The number of hydrogen-bond donors (Lipinski definition) is 0. The van der Waals surface area contributed by atoms with Crippen molar-refractivity contribution in [2.24, 2.45) is 0 Å². The molecule has 8 aromatic carbocycles. The highest BCUT2D eigenvalue weighted by Crippen LogP contribution is 2.41. The minimum atomic E-state index is 0.631. The number of hydrogen-bond acceptors (Lipinski definition) is 3. The largest absolute Gasteiger partial charge is 0.208 e. The van der Waals surface area contributed by atoms with Crippen LogP contribution in [0.3, 0.4) is 0 Å². The van der Waals surface area contributed by atoms with Gasteiger partial charge in [0.05, 0.1) is 0 Å². The number of rotatable bonds is 6. The lowest BCUT2D eigenvalue weighted by atomic mass is 9.89. The minimum Gasteiger partial charge on any atom is -0.208 e. The van der Waals surface area contributed by atoms with E-state index in [9.17, 15) is 0 Å². The van der Waals surface area contributed by atoms with Gasteiger partial charge in [-0.25, -0.2) is 15.0 Å². The quantitative estimate of drug-likeness (QED) is 0.182. The average Bonchev–Trinajstić information content (AvgIpc) is 3.21. The highest BCUT2D eigenvalue weighted by molar-refractivity contribution is 6.04. The van der Waals surface area contributed by atoms with Crippen LogP contribution in [0, 0.1) is 0 Å². The summed E-state index contributed by atoms with van der Waals surface area (Å²) in [5, 5.41) is 4.64. The van der Waals surface area contributed by atoms with E-state index in [1.54, 1.807) is 0 Å². The zero-order chi connectivity index (χ0) is 33.3. The van der Waals surface area contributed by atoms with Crippen molar-refractivity contribution in [3.05, 3.63) is 188 Å². The van der Waals surface area contributed by atoms with Crippen LogP contribution in [0.5, 0.6) is 0 Å². The summed E-state index contributed by atoms with van der Waals surface area (Å²) >= 11 is 0. The van der Waals surface area contributed by atoms with Crippen molar-refractivity contribution in [3.8, 4) is 67.5 Å². The molecule has 0 saturated carbocycles. The molecule has 0 aliphatic rings. The lowest BCUT2D eigenvalue weighted by molar-refractivity contribution is 1.08. The van der Waals surface area contributed by atoms with Gasteiger partial charge in [-0.1, -0.05) is 176 Å². The molecule has 1 heterocycles. The Kier molecular flexibility index (Phi) is 7.49. The third kappa shape index (κ3) is 5.41. The zero-order valence-corrected chi connectivity index (χ0v) is 27.2. The van der Waals surface area contributed by atoms with E-state index >= 15 is 0 Å². The molecule has 0 aliphatic carbocycles. The predicted octanol–water partition coefficient (Wildman–Crippen LogP) is 12.2. The topological polar surface area (TPSA) is 38.7 Å². The van der Waals surface area contributed by atoms with E-state index in [1.807, 2.05) is 18.2 Å². The van der Waals surface area contributed by atoms with E-state index in [1.165, 1.54) is 21.9 Å². The van der Waals surface area contributed by atoms with Gasteiger partial charge in [0.25, 0.3) is 0 Å². The molecule has 9 rings (SSSR count). The van der Waals surface area contributed by atoms with Crippen LogP contribution >= 0.6 is 0 Å². The molecule has 3 heteroatoms. The normalized spacial score (nSPS) is 11.2. The van der Waals surface area contributed by atoms with Crippen molar-refractivity contribution in [1.82, 2.24) is 15.0 Å². The van der Waals surface area contributed by atoms with Gasteiger partial charge in [0, 0.05) is 22.3 Å². The molecule has 0 bridgehead atoms. The maximum absolute atomic E-state index is 5.31. The van der Waals surface area contributed by atoms with Gasteiger partial charge in [0.15, 0.2) is 17.5 Å². The Morgan fingerprint density at radius 3 is 1.46 bits per heavy atom. The van der Waals surface area contributed by atoms with E-state index in [2.05, 4.69) is 170 Å². The van der Waals surface area contributed by atoms with Gasteiger partial charge in [0.1, 0.15) is 0 Å². The zero-order valence-electron chi connectivity index (χ0n) is 27.2. The molecule has 0 spiro atoms. The van der Waals surface area contributed by atoms with Gasteiger partial charge in [-0.3, -0.25) is 0 Å². The molecule has 234 valence electrons. The van der Waals surface area contributed by atoms with Crippen molar-refractivity contribution in [3.63, 3.8) is 0 Å². The molecule has 0 aliphatic heterocycles. The summed E-state index contributed by atoms with van der Waals surface area (Å²) in [6.45, 7) is 0. The van der Waals surface area contributed by atoms with Crippen LogP contribution < -0.4 is 0 Å². The Bertz CT molecular complexity index is 2630. The van der Waals surface area contributed by atoms with Gasteiger partial charge in [-0.2, -0.15) is 0 Å². The lowest BCUT2D eigenvalue weighted by Crippen LogP contribution is -2.02. The fourth-order valence-electron chi connectivity index (χ4n) is 6.95. The van der Waals surface area contributed by atoms with Crippen LogP contribution in [0.25, 0.3) is 89.1 Å². The van der Waals surface area contributed by atoms with Crippen molar-refractivity contribution in [2.75, 3.05) is 0 Å². The Morgan fingerprint density at radius 1 is 0.260 bits per heavy atom. The van der Waals surface area contributed by atoms with E-state index in [0.29, 0.717) is 17.5 Å². The van der Waals surface area contributed by atoms with Crippen LogP contribution in [-0.2, 0) is 0 Å². The van der Waals surface area contributed by atoms with Crippen molar-refractivity contribution < 1.29 is 0 Å². The first-order chi connectivity index (χ1) is 24.8. The summed E-state index contributed by atoms with van der Waals surface area (Å²) in [6.07, 6.45) is 0. The van der Waals surface area contributed by atoms with E-state index in [0.717, 1.165) is 49.7 Å². The summed E-state index contributed by atoms with van der Waals surface area (Å²) < 4.78 is 0. The van der Waals surface area contributed by atoms with Crippen molar-refractivity contribution in [1.29, 1.82) is 0 Å². The highest BCUT2D eigenvalue weighted by atomic mass is 15.0. The van der Waals surface area contributed by atoms with Gasteiger partial charge in [0.2, 0.25) is 0 Å². The molecule has 3 nitrogen and oxygen atoms in total. The van der Waals surface area contributed by atoms with Crippen LogP contribution in [-0.4, -0.2) is 15.0 Å². The standard InChI is InChI=1S/C47H31N3/c1-4-16-33(17-5-1)38-29-30-42(41-24-13-12-23-40(38)41)46-48-45(35-20-8-3-9-21-35)49-47(50-46)43-26-14-25-39(34-18-6-2-7-19-34)44(43)37-28-27-32-15-10-11-22-36(32)31-37/h1-31H. The molecule has 0 fully saturated rings. The maximum Gasteiger partial charge on any atom is 0.164 e. The van der Waals surface area contributed by atoms with Crippen LogP contribution in [0.15, 0.2) is 188 Å². The fraction of sp³-hybridized carbons (Fsp3) is 0. The second-order valence-electron chi connectivity index (χ2n) is 12.4. The van der Waals surface area contributed by atoms with Crippen LogP contribution in [0.2, 0.25) is 0 Å². The smallest absolute Gasteiger partial charge is 0.164 e. The molecule has 0 N–H and O–H groups in total. The highest BCUT2D eigenvalue weighted by Gasteiger charge is 2.20. The van der Waals surface area contributed by atoms with Gasteiger partial charge in [-0.15, -0.1) is 0 Å². The SMILES string of the molecule is c1ccc(-c2nc(-c3cccc(-c4ccccc4)c3-c3ccc4ccccc4c3)nc(-c3ccc(-c4ccccc4)c4ccccc34)n2)cc1. The summed E-state index contributed by atoms with van der Waals surface area (Å²) in [5.74, 6) is 1.90. The Morgan fingerprint density at radius 2 is 0.760 bits per heavy atom. The van der Waals surface area contributed by atoms with E-state index < -0.39 is 0 Å². The molecule has 0 unspecified atom stereocenters. The molecule has 0 radical (unpaired) electrons. The first-order valence-corrected chi connectivity index (χ1v) is 16.9. The molecular formula is C47H31N3. The van der Waals surface area contributed by atoms with E-state index in [-0.39, 0.29) is 0 Å². The molecule has 50 heavy (non-hydrogen) atoms. The molecule has 0 saturated heterocycles. The van der Waals surface area contributed by atoms with Gasteiger partial charge < -0.3 is 0 Å².